The van der Waals surface area contributed by atoms with Crippen molar-refractivity contribution in [1.29, 1.82) is 0 Å². The van der Waals surface area contributed by atoms with E-state index in [9.17, 15) is 14.5 Å². The summed E-state index contributed by atoms with van der Waals surface area (Å²) in [5, 5.41) is 9.76. The molecular formula is C4H7ClFNO2. The molecule has 54 valence electrons. The molecule has 0 aliphatic heterocycles. The zero-order valence-electron chi connectivity index (χ0n) is 4.72. The summed E-state index contributed by atoms with van der Waals surface area (Å²) in [7, 11) is 0. The monoisotopic (exact) mass is 155 g/mol. The van der Waals surface area contributed by atoms with Gasteiger partial charge >= 0.3 is 0 Å². The molecule has 0 rings (SSSR count). The van der Waals surface area contributed by atoms with E-state index < -0.39 is 17.1 Å². The van der Waals surface area contributed by atoms with Gasteiger partial charge in [0, 0.05) is 11.3 Å². The fraction of sp³-hybridized carbons (Fsp3) is 1.00. The van der Waals surface area contributed by atoms with Gasteiger partial charge in [0.2, 0.25) is 0 Å². The lowest BCUT2D eigenvalue weighted by molar-refractivity contribution is -0.499. The van der Waals surface area contributed by atoms with Gasteiger partial charge in [-0.05, 0) is 18.0 Å². The van der Waals surface area contributed by atoms with Crippen LogP contribution >= 0.6 is 11.6 Å². The van der Waals surface area contributed by atoms with Gasteiger partial charge in [0.1, 0.15) is 0 Å². The van der Waals surface area contributed by atoms with Crippen LogP contribution in [-0.2, 0) is 0 Å². The van der Waals surface area contributed by atoms with Crippen LogP contribution in [0.25, 0.3) is 0 Å². The van der Waals surface area contributed by atoms with E-state index in [-0.39, 0.29) is 12.8 Å². The Hall–Kier alpha value is -0.380. The summed E-state index contributed by atoms with van der Waals surface area (Å²) in [5.41, 5.74) is -1.12. The van der Waals surface area contributed by atoms with Crippen molar-refractivity contribution in [1.82, 2.24) is 0 Å². The molecule has 0 fully saturated rings. The van der Waals surface area contributed by atoms with Gasteiger partial charge < -0.3 is 0 Å². The molecule has 0 N–H and O–H groups in total. The summed E-state index contributed by atoms with van der Waals surface area (Å²) in [6.45, 7) is -0.545. The summed E-state index contributed by atoms with van der Waals surface area (Å²) in [5.74, 6) is 0. The number of rotatable bonds is 4. The van der Waals surface area contributed by atoms with Crippen molar-refractivity contribution in [3.63, 3.8) is 0 Å². The van der Waals surface area contributed by atoms with Crippen molar-refractivity contribution >= 4 is 11.6 Å². The molecule has 1 atom stereocenters. The van der Waals surface area contributed by atoms with E-state index in [0.29, 0.717) is 0 Å². The van der Waals surface area contributed by atoms with Crippen LogP contribution in [0.15, 0.2) is 0 Å². The van der Waals surface area contributed by atoms with Gasteiger partial charge in [-0.3, -0.25) is 14.5 Å². The molecular weight excluding hydrogens is 148 g/mol. The molecule has 0 radical (unpaired) electrons. The molecule has 0 amide bonds. The van der Waals surface area contributed by atoms with Gasteiger partial charge in [0.15, 0.2) is 0 Å². The second-order valence-electron chi connectivity index (χ2n) is 1.55. The standard InChI is InChI=1S/C4H7ClFNO2/c5-4(7(8)9)2-1-3-6/h4H,1-3H2. The fourth-order valence-electron chi connectivity index (χ4n) is 0.351. The highest BCUT2D eigenvalue weighted by atomic mass is 35.5. The van der Waals surface area contributed by atoms with Crippen LogP contribution in [0.4, 0.5) is 4.39 Å². The fourth-order valence-corrected chi connectivity index (χ4v) is 0.505. The Morgan fingerprint density at radius 2 is 2.33 bits per heavy atom. The predicted molar refractivity (Wildman–Crippen MR) is 31.8 cm³/mol. The van der Waals surface area contributed by atoms with Crippen LogP contribution in [-0.4, -0.2) is 17.1 Å². The highest BCUT2D eigenvalue weighted by Gasteiger charge is 2.13. The van der Waals surface area contributed by atoms with Gasteiger partial charge in [-0.25, -0.2) is 0 Å². The summed E-state index contributed by atoms with van der Waals surface area (Å²) in [6.07, 6.45) is 0.264. The molecule has 9 heavy (non-hydrogen) atoms. The zero-order chi connectivity index (χ0) is 7.28. The number of halogens is 2. The Morgan fingerprint density at radius 3 is 2.67 bits per heavy atom. The third kappa shape index (κ3) is 4.14. The van der Waals surface area contributed by atoms with Crippen LogP contribution in [0.5, 0.6) is 0 Å². The molecule has 0 saturated carbocycles. The highest BCUT2D eigenvalue weighted by molar-refractivity contribution is 6.19. The first-order chi connectivity index (χ1) is 4.18. The molecule has 0 spiro atoms. The van der Waals surface area contributed by atoms with Gasteiger partial charge in [-0.1, -0.05) is 0 Å². The SMILES string of the molecule is O=[N+]([O-])C(Cl)CCCF. The molecule has 0 aromatic carbocycles. The van der Waals surface area contributed by atoms with Gasteiger partial charge in [0.05, 0.1) is 6.67 Å². The summed E-state index contributed by atoms with van der Waals surface area (Å²) in [6, 6.07) is 0. The second kappa shape index (κ2) is 4.49. The smallest absolute Gasteiger partial charge is 0.263 e. The number of nitrogens with zero attached hydrogens (tertiary/aromatic N) is 1. The van der Waals surface area contributed by atoms with Crippen molar-refractivity contribution in [2.75, 3.05) is 6.67 Å². The van der Waals surface area contributed by atoms with Crippen LogP contribution in [0.2, 0.25) is 0 Å². The number of nitro groups is 1. The first kappa shape index (κ1) is 8.62. The summed E-state index contributed by atoms with van der Waals surface area (Å²) in [4.78, 5) is 9.13. The lowest BCUT2D eigenvalue weighted by Gasteiger charge is -1.96. The first-order valence-corrected chi connectivity index (χ1v) is 2.95. The molecule has 0 aliphatic carbocycles. The molecule has 1 unspecified atom stereocenters. The largest absolute Gasteiger partial charge is 0.286 e. The molecule has 0 heterocycles. The van der Waals surface area contributed by atoms with E-state index in [2.05, 4.69) is 0 Å². The van der Waals surface area contributed by atoms with Crippen molar-refractivity contribution in [2.45, 2.75) is 18.3 Å². The molecule has 0 saturated heterocycles. The minimum atomic E-state index is -1.12. The quantitative estimate of drug-likeness (QED) is 0.268. The Kier molecular flexibility index (Phi) is 4.30. The Bertz CT molecular complexity index is 101. The highest BCUT2D eigenvalue weighted by Crippen LogP contribution is 2.05. The third-order valence-corrected chi connectivity index (χ3v) is 1.18. The van der Waals surface area contributed by atoms with E-state index in [0.717, 1.165) is 0 Å². The van der Waals surface area contributed by atoms with Crippen LogP contribution in [0.3, 0.4) is 0 Å². The molecule has 0 aliphatic rings. The zero-order valence-corrected chi connectivity index (χ0v) is 5.47. The van der Waals surface area contributed by atoms with Gasteiger partial charge in [-0.2, -0.15) is 0 Å². The van der Waals surface area contributed by atoms with E-state index in [1.54, 1.807) is 0 Å². The van der Waals surface area contributed by atoms with Crippen LogP contribution < -0.4 is 0 Å². The van der Waals surface area contributed by atoms with Gasteiger partial charge in [-0.15, -0.1) is 0 Å². The molecule has 5 heteroatoms. The number of alkyl halides is 2. The van der Waals surface area contributed by atoms with E-state index >= 15 is 0 Å². The Balaban J connectivity index is 3.27. The first-order valence-electron chi connectivity index (χ1n) is 2.52. The lowest BCUT2D eigenvalue weighted by atomic mass is 10.3. The normalized spacial score (nSPS) is 13.1. The lowest BCUT2D eigenvalue weighted by Crippen LogP contribution is -2.11. The topological polar surface area (TPSA) is 43.1 Å². The van der Waals surface area contributed by atoms with Crippen molar-refractivity contribution in [3.05, 3.63) is 10.1 Å². The van der Waals surface area contributed by atoms with E-state index in [1.165, 1.54) is 0 Å². The average Bonchev–Trinajstić information content (AvgIpc) is 1.82. The van der Waals surface area contributed by atoms with Crippen LogP contribution in [0, 0.1) is 10.1 Å². The number of hydrogen-bond acceptors (Lipinski definition) is 2. The summed E-state index contributed by atoms with van der Waals surface area (Å²) >= 11 is 5.13. The third-order valence-electron chi connectivity index (χ3n) is 0.805. The summed E-state index contributed by atoms with van der Waals surface area (Å²) < 4.78 is 11.3. The minimum absolute atomic E-state index is 0.102. The Labute approximate surface area is 57.0 Å². The van der Waals surface area contributed by atoms with Crippen molar-refractivity contribution < 1.29 is 9.31 Å². The van der Waals surface area contributed by atoms with E-state index in [1.807, 2.05) is 0 Å². The maximum atomic E-state index is 11.3. The molecule has 3 nitrogen and oxygen atoms in total. The average molecular weight is 156 g/mol. The molecule has 0 bridgehead atoms. The van der Waals surface area contributed by atoms with E-state index in [4.69, 9.17) is 11.6 Å². The Morgan fingerprint density at radius 1 is 1.78 bits per heavy atom. The molecule has 0 aromatic rings. The van der Waals surface area contributed by atoms with Crippen LogP contribution in [0.1, 0.15) is 12.8 Å². The molecule has 0 aromatic heterocycles. The van der Waals surface area contributed by atoms with Gasteiger partial charge in [0.25, 0.3) is 5.50 Å². The second-order valence-corrected chi connectivity index (χ2v) is 2.05. The van der Waals surface area contributed by atoms with Crippen molar-refractivity contribution in [2.24, 2.45) is 0 Å². The maximum Gasteiger partial charge on any atom is 0.286 e. The number of hydrogen-bond donors (Lipinski definition) is 0. The predicted octanol–water partition coefficient (Wildman–Crippen LogP) is 1.58. The maximum absolute atomic E-state index is 11.3. The van der Waals surface area contributed by atoms with Crippen molar-refractivity contribution in [3.8, 4) is 0 Å². The minimum Gasteiger partial charge on any atom is -0.263 e.